The number of halogens is 2. The summed E-state index contributed by atoms with van der Waals surface area (Å²) < 4.78 is 68.1. The number of methoxy groups -OCH3 is 1. The van der Waals surface area contributed by atoms with E-state index in [1.807, 2.05) is 0 Å². The van der Waals surface area contributed by atoms with Crippen LogP contribution in [0.1, 0.15) is 36.1 Å². The molecule has 15 heteroatoms. The average Bonchev–Trinajstić information content (AvgIpc) is 3.12. The van der Waals surface area contributed by atoms with Gasteiger partial charge in [0.25, 0.3) is 0 Å². The molecule has 0 bridgehead atoms. The molecule has 0 aromatic heterocycles. The summed E-state index contributed by atoms with van der Waals surface area (Å²) in [4.78, 5) is 14.9. The van der Waals surface area contributed by atoms with Crippen molar-refractivity contribution in [3.05, 3.63) is 114 Å². The number of phenols is 1. The summed E-state index contributed by atoms with van der Waals surface area (Å²) in [6, 6.07) is 20.9. The Bertz CT molecular complexity index is 1980. The second kappa shape index (κ2) is 15.2. The molecule has 2 fully saturated rings. The van der Waals surface area contributed by atoms with E-state index in [4.69, 9.17) is 13.7 Å². The number of aliphatic hydroxyl groups is 4. The monoisotopic (exact) mass is 741 g/mol. The Morgan fingerprint density at radius 2 is 1.46 bits per heavy atom. The molecule has 5 N–H and O–H groups in total. The van der Waals surface area contributed by atoms with Crippen LogP contribution >= 0.6 is 0 Å². The molecule has 0 spiro atoms. The predicted octanol–water partition coefficient (Wildman–Crippen LogP) is 3.72. The van der Waals surface area contributed by atoms with Crippen LogP contribution in [-0.4, -0.2) is 83.4 Å². The molecule has 4 aromatic rings. The Kier molecular flexibility index (Phi) is 10.9. The van der Waals surface area contributed by atoms with Gasteiger partial charge in [-0.15, -0.1) is 0 Å². The molecular weight excluding hydrogens is 704 g/mol. The van der Waals surface area contributed by atoms with Gasteiger partial charge in [-0.2, -0.15) is 8.42 Å². The zero-order chi connectivity index (χ0) is 37.3. The van der Waals surface area contributed by atoms with Gasteiger partial charge in [0.05, 0.1) is 18.1 Å². The molecule has 2 saturated heterocycles. The number of aliphatic hydroxyl groups excluding tert-OH is 4. The van der Waals surface area contributed by atoms with Crippen LogP contribution in [-0.2, 0) is 24.4 Å². The van der Waals surface area contributed by atoms with E-state index in [-0.39, 0.29) is 30.2 Å². The number of benzene rings is 4. The van der Waals surface area contributed by atoms with Crippen molar-refractivity contribution in [2.24, 2.45) is 5.92 Å². The Hall–Kier alpha value is -4.48. The molecule has 1 unspecified atom stereocenters. The molecule has 52 heavy (non-hydrogen) atoms. The smallest absolute Gasteiger partial charge is 0.311 e. The summed E-state index contributed by atoms with van der Waals surface area (Å²) in [7, 11) is -3.17. The molecule has 276 valence electrons. The van der Waals surface area contributed by atoms with E-state index >= 15 is 0 Å². The fourth-order valence-electron chi connectivity index (χ4n) is 6.57. The first-order valence-electron chi connectivity index (χ1n) is 16.4. The summed E-state index contributed by atoms with van der Waals surface area (Å²) >= 11 is 0. The first-order chi connectivity index (χ1) is 24.8. The third kappa shape index (κ3) is 7.80. The van der Waals surface area contributed by atoms with E-state index in [9.17, 15) is 47.5 Å². The summed E-state index contributed by atoms with van der Waals surface area (Å²) in [6.45, 7) is 0. The van der Waals surface area contributed by atoms with Crippen molar-refractivity contribution < 1.29 is 61.2 Å². The Morgan fingerprint density at radius 1 is 0.846 bits per heavy atom. The van der Waals surface area contributed by atoms with Crippen molar-refractivity contribution in [3.8, 4) is 22.6 Å². The first-order valence-corrected chi connectivity index (χ1v) is 17.9. The van der Waals surface area contributed by atoms with E-state index in [1.165, 1.54) is 78.7 Å². The first kappa shape index (κ1) is 37.3. The number of hydrogen-bond acceptors (Lipinski definition) is 11. The number of β-lactam (4-membered cyclic amide) rings is 1. The second-order valence-electron chi connectivity index (χ2n) is 12.7. The second-order valence-corrected chi connectivity index (χ2v) is 14.4. The topological polar surface area (TPSA) is 183 Å². The molecule has 2 aliphatic heterocycles. The van der Waals surface area contributed by atoms with Crippen LogP contribution in [0.15, 0.2) is 91.0 Å². The van der Waals surface area contributed by atoms with Crippen molar-refractivity contribution in [1.82, 2.24) is 0 Å². The van der Waals surface area contributed by atoms with E-state index in [2.05, 4.69) is 0 Å². The molecule has 2 aliphatic rings. The minimum atomic E-state index is -4.36. The maximum atomic E-state index is 13.7. The Labute approximate surface area is 298 Å². The van der Waals surface area contributed by atoms with Gasteiger partial charge < -0.3 is 44.1 Å². The third-order valence-electron chi connectivity index (χ3n) is 9.35. The lowest BCUT2D eigenvalue weighted by atomic mass is 9.77. The summed E-state index contributed by atoms with van der Waals surface area (Å²) in [6.07, 6.45) is -8.34. The summed E-state index contributed by atoms with van der Waals surface area (Å²) in [5, 5.41) is 52.2. The summed E-state index contributed by atoms with van der Waals surface area (Å²) in [5.74, 6) is -2.87. The van der Waals surface area contributed by atoms with Crippen molar-refractivity contribution in [2.45, 2.75) is 55.7 Å². The molecule has 0 aliphatic carbocycles. The fraction of sp³-hybridized carbons (Fsp3) is 0.324. The Morgan fingerprint density at radius 3 is 2.08 bits per heavy atom. The van der Waals surface area contributed by atoms with E-state index < -0.39 is 76.3 Å². The van der Waals surface area contributed by atoms with E-state index in [0.29, 0.717) is 27.9 Å². The quantitative estimate of drug-likeness (QED) is 0.105. The lowest BCUT2D eigenvalue weighted by Gasteiger charge is -2.48. The number of rotatable bonds is 12. The highest BCUT2D eigenvalue weighted by atomic mass is 32.2. The number of nitrogens with zero attached hydrogens (tertiary/aromatic N) is 1. The van der Waals surface area contributed by atoms with Crippen LogP contribution in [0.25, 0.3) is 11.1 Å². The van der Waals surface area contributed by atoms with Crippen molar-refractivity contribution in [2.75, 3.05) is 17.8 Å². The van der Waals surface area contributed by atoms with Gasteiger partial charge >= 0.3 is 10.1 Å². The maximum absolute atomic E-state index is 13.7. The van der Waals surface area contributed by atoms with Crippen LogP contribution in [0.5, 0.6) is 11.5 Å². The summed E-state index contributed by atoms with van der Waals surface area (Å²) in [5.41, 5.74) is 2.48. The maximum Gasteiger partial charge on any atom is 0.311 e. The van der Waals surface area contributed by atoms with Crippen LogP contribution < -0.4 is 9.08 Å². The molecule has 0 radical (unpaired) electrons. The number of phenolic OH excluding ortho intramolecular Hbond substituents is 1. The molecular formula is C37H37F2NO11S. The third-order valence-corrected chi connectivity index (χ3v) is 10.5. The highest BCUT2D eigenvalue weighted by Crippen LogP contribution is 2.49. The molecule has 2 heterocycles. The highest BCUT2D eigenvalue weighted by molar-refractivity contribution is 7.87. The van der Waals surface area contributed by atoms with Crippen molar-refractivity contribution >= 4 is 21.7 Å². The molecule has 4 aromatic carbocycles. The lowest BCUT2D eigenvalue weighted by molar-refractivity contribution is -0.285. The van der Waals surface area contributed by atoms with Gasteiger partial charge in [-0.1, -0.05) is 36.4 Å². The molecule has 12 nitrogen and oxygen atoms in total. The average molecular weight is 742 g/mol. The molecule has 8 atom stereocenters. The van der Waals surface area contributed by atoms with Crippen LogP contribution in [0.2, 0.25) is 0 Å². The zero-order valence-electron chi connectivity index (χ0n) is 27.7. The van der Waals surface area contributed by atoms with Crippen LogP contribution in [0, 0.1) is 17.6 Å². The van der Waals surface area contributed by atoms with Gasteiger partial charge in [-0.05, 0) is 84.1 Å². The number of carbonyl (C=O) groups excluding carboxylic acids is 1. The Balaban J connectivity index is 1.17. The largest absolute Gasteiger partial charge is 0.508 e. The highest BCUT2D eigenvalue weighted by Gasteiger charge is 2.49. The SMILES string of the molecule is CO[C@@H]1OC(CS(=O)(=O)Oc2ccc(-c3ccc([C@@H]4[C@@H](CC[C@H](O)c5ccc(F)cc5)C(=O)N4c4ccc(F)cc4)c(O)c3)cc2)[C@H](O)[C@@H](O)[C@@H]1O. The standard InChI is InChI=1S/C37H37F2NO11S/c1-49-37-35(45)34(44)33(43)31(50-37)19-52(47,48)51-26-13-4-20(5-14-26)22-6-15-27(30(42)18-22)32-28(16-17-29(41)21-2-7-23(38)8-3-21)36(46)40(32)25-11-9-24(39)10-12-25/h2-15,18,28-29,31-35,37,41-45H,16-17,19H2,1H3/t28-,29+,31?,32-,33+,34-,35+,37-/m1/s1. The normalized spacial score (nSPS) is 25.4. The number of aromatic hydroxyl groups is 1. The number of carbonyl (C=O) groups is 1. The zero-order valence-corrected chi connectivity index (χ0v) is 28.5. The van der Waals surface area contributed by atoms with Gasteiger partial charge in [0, 0.05) is 18.4 Å². The molecule has 1 amide bonds. The molecule has 0 saturated carbocycles. The van der Waals surface area contributed by atoms with Crippen LogP contribution in [0.3, 0.4) is 0 Å². The lowest BCUT2D eigenvalue weighted by Crippen LogP contribution is -2.59. The van der Waals surface area contributed by atoms with Gasteiger partial charge in [0.1, 0.15) is 53.3 Å². The molecule has 6 rings (SSSR count). The fourth-order valence-corrected chi connectivity index (χ4v) is 7.72. The van der Waals surface area contributed by atoms with Crippen molar-refractivity contribution in [1.29, 1.82) is 0 Å². The van der Waals surface area contributed by atoms with Gasteiger partial charge in [-0.3, -0.25) is 4.79 Å². The number of ether oxygens (including phenoxy) is 2. The predicted molar refractivity (Wildman–Crippen MR) is 182 cm³/mol. The van der Waals surface area contributed by atoms with Crippen LogP contribution in [0.4, 0.5) is 14.5 Å². The van der Waals surface area contributed by atoms with Gasteiger partial charge in [-0.25, -0.2) is 8.78 Å². The number of amides is 1. The van der Waals surface area contributed by atoms with Gasteiger partial charge in [0.2, 0.25) is 5.91 Å². The minimum absolute atomic E-state index is 0.0626. The van der Waals surface area contributed by atoms with E-state index in [0.717, 1.165) is 0 Å². The number of hydrogen-bond donors (Lipinski definition) is 5. The van der Waals surface area contributed by atoms with Gasteiger partial charge in [0.15, 0.2) is 6.29 Å². The minimum Gasteiger partial charge on any atom is -0.508 e. The van der Waals surface area contributed by atoms with Crippen molar-refractivity contribution in [3.63, 3.8) is 0 Å². The van der Waals surface area contributed by atoms with E-state index in [1.54, 1.807) is 24.3 Å². The number of anilines is 1.